The maximum absolute atomic E-state index is 13.3. The number of amides is 2. The number of halogens is 3. The predicted molar refractivity (Wildman–Crippen MR) is 138 cm³/mol. The lowest BCUT2D eigenvalue weighted by molar-refractivity contribution is -0.134. The summed E-state index contributed by atoms with van der Waals surface area (Å²) < 4.78 is 0. The van der Waals surface area contributed by atoms with Crippen molar-refractivity contribution in [3.05, 3.63) is 68.7 Å². The summed E-state index contributed by atoms with van der Waals surface area (Å²) in [6.45, 7) is 3.13. The molecule has 8 heteroatoms. The van der Waals surface area contributed by atoms with Gasteiger partial charge in [-0.05, 0) is 80.2 Å². The van der Waals surface area contributed by atoms with Crippen LogP contribution in [0.15, 0.2) is 42.5 Å². The molecule has 34 heavy (non-hydrogen) atoms. The van der Waals surface area contributed by atoms with Crippen LogP contribution in [0.4, 0.5) is 0 Å². The molecule has 2 heterocycles. The molecule has 2 aliphatic heterocycles. The van der Waals surface area contributed by atoms with Crippen LogP contribution in [0.5, 0.6) is 0 Å². The van der Waals surface area contributed by atoms with Crippen molar-refractivity contribution < 1.29 is 9.59 Å². The highest BCUT2D eigenvalue weighted by Crippen LogP contribution is 2.35. The molecule has 2 amide bonds. The van der Waals surface area contributed by atoms with Crippen molar-refractivity contribution >= 4 is 46.6 Å². The average Bonchev–Trinajstić information content (AvgIpc) is 2.85. The van der Waals surface area contributed by atoms with Gasteiger partial charge >= 0.3 is 0 Å². The van der Waals surface area contributed by atoms with E-state index in [1.54, 1.807) is 35.2 Å². The van der Waals surface area contributed by atoms with E-state index >= 15 is 0 Å². The number of hydrogen-bond acceptors (Lipinski definition) is 3. The van der Waals surface area contributed by atoms with Gasteiger partial charge in [0.1, 0.15) is 0 Å². The van der Waals surface area contributed by atoms with Crippen molar-refractivity contribution in [3.8, 4) is 0 Å². The number of likely N-dealkylation sites (N-methyl/N-ethyl adjacent to an activating group) is 1. The quantitative estimate of drug-likeness (QED) is 0.565. The molecule has 0 bridgehead atoms. The molecule has 2 saturated heterocycles. The van der Waals surface area contributed by atoms with Gasteiger partial charge in [0.25, 0.3) is 5.91 Å². The zero-order valence-electron chi connectivity index (χ0n) is 19.3. The van der Waals surface area contributed by atoms with Gasteiger partial charge in [0, 0.05) is 49.1 Å². The molecule has 1 N–H and O–H groups in total. The number of nitrogens with zero attached hydrogens (tertiary/aromatic N) is 2. The van der Waals surface area contributed by atoms with Crippen LogP contribution in [-0.4, -0.2) is 60.9 Å². The fourth-order valence-electron chi connectivity index (χ4n) is 5.11. The predicted octanol–water partition coefficient (Wildman–Crippen LogP) is 5.49. The molecular formula is C26H30Cl3N3O2. The summed E-state index contributed by atoms with van der Waals surface area (Å²) in [4.78, 5) is 30.2. The molecule has 0 saturated carbocycles. The molecule has 0 aliphatic carbocycles. The third-order valence-electron chi connectivity index (χ3n) is 7.13. The van der Waals surface area contributed by atoms with Crippen LogP contribution >= 0.6 is 34.8 Å². The summed E-state index contributed by atoms with van der Waals surface area (Å²) in [5.41, 5.74) is 1.57. The van der Waals surface area contributed by atoms with Crippen molar-refractivity contribution in [2.45, 2.75) is 37.6 Å². The lowest BCUT2D eigenvalue weighted by Crippen LogP contribution is -2.52. The first kappa shape index (κ1) is 25.3. The highest BCUT2D eigenvalue weighted by molar-refractivity contribution is 6.42. The number of nitrogens with one attached hydrogen (secondary N) is 1. The second-order valence-electron chi connectivity index (χ2n) is 9.30. The Morgan fingerprint density at radius 2 is 1.71 bits per heavy atom. The van der Waals surface area contributed by atoms with Gasteiger partial charge in [-0.25, -0.2) is 0 Å². The third kappa shape index (κ3) is 5.88. The minimum atomic E-state index is -0.0802. The molecule has 182 valence electrons. The molecule has 2 aliphatic rings. The van der Waals surface area contributed by atoms with Crippen molar-refractivity contribution in [2.24, 2.45) is 5.92 Å². The summed E-state index contributed by atoms with van der Waals surface area (Å²) in [5, 5.41) is 4.91. The van der Waals surface area contributed by atoms with Gasteiger partial charge < -0.3 is 15.1 Å². The third-order valence-corrected chi connectivity index (χ3v) is 8.12. The lowest BCUT2D eigenvalue weighted by atomic mass is 9.84. The fraction of sp³-hybridized carbons (Fsp3) is 0.462. The number of carbonyl (C=O) groups excluding carboxylic acids is 2. The van der Waals surface area contributed by atoms with Crippen LogP contribution < -0.4 is 5.32 Å². The second kappa shape index (κ2) is 11.3. The molecule has 0 unspecified atom stereocenters. The van der Waals surface area contributed by atoms with Gasteiger partial charge in [0.2, 0.25) is 5.91 Å². The Bertz CT molecular complexity index is 1020. The molecule has 0 radical (unpaired) electrons. The summed E-state index contributed by atoms with van der Waals surface area (Å²) >= 11 is 18.5. The first-order valence-corrected chi connectivity index (χ1v) is 12.9. The van der Waals surface area contributed by atoms with Crippen LogP contribution in [0.1, 0.15) is 47.5 Å². The van der Waals surface area contributed by atoms with E-state index in [0.29, 0.717) is 52.5 Å². The van der Waals surface area contributed by atoms with E-state index in [0.717, 1.165) is 31.5 Å². The zero-order chi connectivity index (χ0) is 24.2. The summed E-state index contributed by atoms with van der Waals surface area (Å²) in [6.07, 6.45) is 3.35. The van der Waals surface area contributed by atoms with Crippen molar-refractivity contribution in [3.63, 3.8) is 0 Å². The van der Waals surface area contributed by atoms with Gasteiger partial charge in [-0.1, -0.05) is 40.9 Å². The molecule has 5 nitrogen and oxygen atoms in total. The molecule has 4 rings (SSSR count). The zero-order valence-corrected chi connectivity index (χ0v) is 21.5. The Kier molecular flexibility index (Phi) is 8.41. The van der Waals surface area contributed by atoms with Crippen LogP contribution in [0.25, 0.3) is 0 Å². The minimum Gasteiger partial charge on any atom is -0.342 e. The van der Waals surface area contributed by atoms with Gasteiger partial charge in [0.15, 0.2) is 0 Å². The Morgan fingerprint density at radius 1 is 1.00 bits per heavy atom. The highest BCUT2D eigenvalue weighted by atomic mass is 35.5. The Hall–Kier alpha value is -1.79. The van der Waals surface area contributed by atoms with Crippen LogP contribution in [0.3, 0.4) is 0 Å². The first-order chi connectivity index (χ1) is 16.3. The first-order valence-electron chi connectivity index (χ1n) is 11.8. The van der Waals surface area contributed by atoms with Crippen LogP contribution in [-0.2, 0) is 4.79 Å². The van der Waals surface area contributed by atoms with E-state index in [-0.39, 0.29) is 23.8 Å². The number of benzene rings is 2. The number of piperidine rings is 2. The highest BCUT2D eigenvalue weighted by Gasteiger charge is 2.37. The number of carbonyl (C=O) groups is 2. The average molecular weight is 523 g/mol. The summed E-state index contributed by atoms with van der Waals surface area (Å²) in [5.74, 6) is 0.495. The summed E-state index contributed by atoms with van der Waals surface area (Å²) in [6, 6.07) is 12.5. The van der Waals surface area contributed by atoms with Gasteiger partial charge in [-0.3, -0.25) is 9.59 Å². The van der Waals surface area contributed by atoms with Gasteiger partial charge in [0.05, 0.1) is 10.0 Å². The van der Waals surface area contributed by atoms with Gasteiger partial charge in [-0.2, -0.15) is 0 Å². The van der Waals surface area contributed by atoms with E-state index in [4.69, 9.17) is 34.8 Å². The summed E-state index contributed by atoms with van der Waals surface area (Å²) in [7, 11) is 1.83. The second-order valence-corrected chi connectivity index (χ2v) is 10.5. The fourth-order valence-corrected chi connectivity index (χ4v) is 5.54. The maximum Gasteiger partial charge on any atom is 0.253 e. The van der Waals surface area contributed by atoms with Crippen molar-refractivity contribution in [1.82, 2.24) is 15.1 Å². The molecule has 2 aromatic rings. The number of hydrogen-bond donors (Lipinski definition) is 1. The van der Waals surface area contributed by atoms with E-state index in [9.17, 15) is 9.59 Å². The molecule has 0 aromatic heterocycles. The monoisotopic (exact) mass is 521 g/mol. The number of likely N-dealkylation sites (tertiary alicyclic amines) is 1. The SMILES string of the molecule is CN(C(=O)c1ccc(Cl)cc1)[C@@H]1CCN(C(=O)CC2CCNCC2)C[C@H]1c1ccc(Cl)c(Cl)c1. The molecule has 2 atom stereocenters. The topological polar surface area (TPSA) is 52.7 Å². The Morgan fingerprint density at radius 3 is 2.38 bits per heavy atom. The Balaban J connectivity index is 1.55. The molecular weight excluding hydrogens is 493 g/mol. The standard InChI is InChI=1S/C26H30Cl3N3O2/c1-31(26(34)18-2-5-20(27)6-3-18)24-10-13-32(25(33)14-17-8-11-30-12-9-17)16-21(24)19-4-7-22(28)23(29)15-19/h2-7,15,17,21,24,30H,8-14,16H2,1H3/t21-,24+/m0/s1. The molecule has 2 fully saturated rings. The van der Waals surface area contributed by atoms with E-state index in [2.05, 4.69) is 5.32 Å². The van der Waals surface area contributed by atoms with Crippen molar-refractivity contribution in [2.75, 3.05) is 33.2 Å². The largest absolute Gasteiger partial charge is 0.342 e. The van der Waals surface area contributed by atoms with E-state index < -0.39 is 0 Å². The molecule has 0 spiro atoms. The normalized spacial score (nSPS) is 21.4. The smallest absolute Gasteiger partial charge is 0.253 e. The molecule has 2 aromatic carbocycles. The Labute approximate surface area is 216 Å². The minimum absolute atomic E-state index is 0.0678. The van der Waals surface area contributed by atoms with Crippen LogP contribution in [0.2, 0.25) is 15.1 Å². The lowest BCUT2D eigenvalue weighted by Gasteiger charge is -2.43. The van der Waals surface area contributed by atoms with Crippen LogP contribution in [0, 0.1) is 5.92 Å². The number of rotatable bonds is 5. The maximum atomic E-state index is 13.3. The van der Waals surface area contributed by atoms with Crippen molar-refractivity contribution in [1.29, 1.82) is 0 Å². The van der Waals surface area contributed by atoms with E-state index in [1.165, 1.54) is 0 Å². The van der Waals surface area contributed by atoms with E-state index in [1.807, 2.05) is 24.1 Å². The van der Waals surface area contributed by atoms with Gasteiger partial charge in [-0.15, -0.1) is 0 Å².